The van der Waals surface area contributed by atoms with E-state index in [4.69, 9.17) is 0 Å². The Morgan fingerprint density at radius 1 is 1.19 bits per heavy atom. The highest BCUT2D eigenvalue weighted by Crippen LogP contribution is 2.37. The highest BCUT2D eigenvalue weighted by molar-refractivity contribution is 5.57. The molecule has 0 fully saturated rings. The minimum absolute atomic E-state index is 0.426. The zero-order chi connectivity index (χ0) is 19.2. The maximum Gasteiger partial charge on any atom is 0.0486 e. The molecule has 1 aliphatic carbocycles. The minimum atomic E-state index is 0.426. The lowest BCUT2D eigenvalue weighted by molar-refractivity contribution is 0.292. The van der Waals surface area contributed by atoms with Gasteiger partial charge < -0.3 is 10.6 Å². The van der Waals surface area contributed by atoms with E-state index in [-0.39, 0.29) is 0 Å². The SMILES string of the molecule is C=CCNCN(CC)CC(=C)Nc1ccc2c(c1)C(C)c1ccccc1C2. The molecule has 2 N–H and O–H groups in total. The Morgan fingerprint density at radius 2 is 1.96 bits per heavy atom. The molecular formula is C24H31N3. The van der Waals surface area contributed by atoms with Gasteiger partial charge in [-0.1, -0.05) is 56.8 Å². The van der Waals surface area contributed by atoms with Crippen LogP contribution in [0, 0.1) is 0 Å². The molecule has 3 rings (SSSR count). The molecule has 0 heterocycles. The Labute approximate surface area is 163 Å². The van der Waals surface area contributed by atoms with Crippen molar-refractivity contribution in [1.29, 1.82) is 0 Å². The average molecular weight is 362 g/mol. The first kappa shape index (κ1) is 19.4. The Balaban J connectivity index is 1.66. The maximum atomic E-state index is 4.23. The number of benzene rings is 2. The Bertz CT molecular complexity index is 809. The lowest BCUT2D eigenvalue weighted by atomic mass is 9.79. The van der Waals surface area contributed by atoms with E-state index in [9.17, 15) is 0 Å². The fourth-order valence-corrected chi connectivity index (χ4v) is 3.84. The summed E-state index contributed by atoms with van der Waals surface area (Å²) in [5.74, 6) is 0.426. The molecule has 0 amide bonds. The van der Waals surface area contributed by atoms with E-state index in [0.29, 0.717) is 5.92 Å². The molecule has 1 aliphatic rings. The minimum Gasteiger partial charge on any atom is -0.358 e. The first-order chi connectivity index (χ1) is 13.1. The number of fused-ring (bicyclic) bond motifs is 2. The number of nitrogens with zero attached hydrogens (tertiary/aromatic N) is 1. The molecule has 1 atom stereocenters. The number of likely N-dealkylation sites (N-methyl/N-ethyl adjacent to an activating group) is 1. The van der Waals surface area contributed by atoms with Crippen LogP contribution in [0.25, 0.3) is 0 Å². The second-order valence-electron chi connectivity index (χ2n) is 7.29. The number of hydrogen-bond donors (Lipinski definition) is 2. The van der Waals surface area contributed by atoms with Crippen molar-refractivity contribution in [3.05, 3.63) is 89.6 Å². The van der Waals surface area contributed by atoms with Gasteiger partial charge in [-0.05, 0) is 47.4 Å². The van der Waals surface area contributed by atoms with Crippen molar-refractivity contribution in [3.63, 3.8) is 0 Å². The van der Waals surface area contributed by atoms with E-state index in [1.54, 1.807) is 0 Å². The van der Waals surface area contributed by atoms with Crippen LogP contribution in [0.4, 0.5) is 5.69 Å². The van der Waals surface area contributed by atoms with Gasteiger partial charge in [-0.2, -0.15) is 0 Å². The summed E-state index contributed by atoms with van der Waals surface area (Å²) in [6, 6.07) is 15.5. The summed E-state index contributed by atoms with van der Waals surface area (Å²) >= 11 is 0. The van der Waals surface area contributed by atoms with E-state index in [1.165, 1.54) is 22.3 Å². The van der Waals surface area contributed by atoms with Crippen LogP contribution in [-0.2, 0) is 6.42 Å². The van der Waals surface area contributed by atoms with Gasteiger partial charge in [-0.15, -0.1) is 6.58 Å². The average Bonchev–Trinajstić information content (AvgIpc) is 2.68. The first-order valence-electron chi connectivity index (χ1n) is 9.81. The Hall–Kier alpha value is -2.36. The Morgan fingerprint density at radius 3 is 2.74 bits per heavy atom. The molecule has 0 aromatic heterocycles. The second kappa shape index (κ2) is 9.03. The number of hydrogen-bond acceptors (Lipinski definition) is 3. The van der Waals surface area contributed by atoms with E-state index >= 15 is 0 Å². The van der Waals surface area contributed by atoms with Gasteiger partial charge in [-0.25, -0.2) is 0 Å². The lowest BCUT2D eigenvalue weighted by Gasteiger charge is -2.27. The summed E-state index contributed by atoms with van der Waals surface area (Å²) in [6.07, 6.45) is 2.91. The largest absolute Gasteiger partial charge is 0.358 e. The normalized spacial score (nSPS) is 15.1. The van der Waals surface area contributed by atoms with Crippen molar-refractivity contribution in [2.75, 3.05) is 31.6 Å². The molecule has 27 heavy (non-hydrogen) atoms. The summed E-state index contributed by atoms with van der Waals surface area (Å²) in [5, 5.41) is 6.86. The predicted molar refractivity (Wildman–Crippen MR) is 116 cm³/mol. The summed E-state index contributed by atoms with van der Waals surface area (Å²) in [5.41, 5.74) is 7.90. The third-order valence-electron chi connectivity index (χ3n) is 5.32. The van der Waals surface area contributed by atoms with Crippen molar-refractivity contribution in [1.82, 2.24) is 10.2 Å². The maximum absolute atomic E-state index is 4.23. The van der Waals surface area contributed by atoms with Crippen LogP contribution in [0.1, 0.15) is 42.0 Å². The summed E-state index contributed by atoms with van der Waals surface area (Å²) in [4.78, 5) is 2.32. The molecule has 0 spiro atoms. The molecule has 3 nitrogen and oxygen atoms in total. The van der Waals surface area contributed by atoms with Gasteiger partial charge >= 0.3 is 0 Å². The van der Waals surface area contributed by atoms with Crippen molar-refractivity contribution in [2.24, 2.45) is 0 Å². The molecule has 3 heteroatoms. The summed E-state index contributed by atoms with van der Waals surface area (Å²) < 4.78 is 0. The van der Waals surface area contributed by atoms with E-state index in [0.717, 1.165) is 44.1 Å². The topological polar surface area (TPSA) is 27.3 Å². The first-order valence-corrected chi connectivity index (χ1v) is 9.81. The third-order valence-corrected chi connectivity index (χ3v) is 5.32. The van der Waals surface area contributed by atoms with E-state index in [1.807, 2.05) is 6.08 Å². The fraction of sp³-hybridized carbons (Fsp3) is 0.333. The summed E-state index contributed by atoms with van der Waals surface area (Å²) in [7, 11) is 0. The molecule has 0 aliphatic heterocycles. The molecule has 2 aromatic carbocycles. The zero-order valence-corrected chi connectivity index (χ0v) is 16.6. The molecule has 1 unspecified atom stereocenters. The van der Waals surface area contributed by atoms with Gasteiger partial charge in [0.2, 0.25) is 0 Å². The van der Waals surface area contributed by atoms with Gasteiger partial charge in [0.1, 0.15) is 0 Å². The predicted octanol–water partition coefficient (Wildman–Crippen LogP) is 4.72. The molecule has 142 valence electrons. The molecule has 0 radical (unpaired) electrons. The standard InChI is InChI=1S/C24H31N3/c1-5-13-25-17-27(6-2)16-18(3)26-22-12-11-21-14-20-9-7-8-10-23(20)19(4)24(21)15-22/h5,7-12,15,19,25-26H,1,3,6,13-14,16-17H2,2,4H3. The number of nitrogens with one attached hydrogen (secondary N) is 2. The molecule has 0 saturated carbocycles. The van der Waals surface area contributed by atoms with Crippen molar-refractivity contribution >= 4 is 5.69 Å². The zero-order valence-electron chi connectivity index (χ0n) is 16.6. The Kier molecular flexibility index (Phi) is 6.49. The van der Waals surface area contributed by atoms with Crippen LogP contribution in [0.15, 0.2) is 67.4 Å². The van der Waals surface area contributed by atoms with E-state index < -0.39 is 0 Å². The number of rotatable bonds is 9. The molecule has 2 aromatic rings. The van der Waals surface area contributed by atoms with Gasteiger partial charge in [0.15, 0.2) is 0 Å². The fourth-order valence-electron chi connectivity index (χ4n) is 3.84. The van der Waals surface area contributed by atoms with Crippen LogP contribution < -0.4 is 10.6 Å². The van der Waals surface area contributed by atoms with Crippen molar-refractivity contribution in [2.45, 2.75) is 26.2 Å². The van der Waals surface area contributed by atoms with Crippen molar-refractivity contribution < 1.29 is 0 Å². The number of anilines is 1. The highest BCUT2D eigenvalue weighted by Gasteiger charge is 2.22. The quantitative estimate of drug-likeness (QED) is 0.384. The van der Waals surface area contributed by atoms with Crippen LogP contribution in [0.2, 0.25) is 0 Å². The third kappa shape index (κ3) is 4.68. The van der Waals surface area contributed by atoms with Crippen molar-refractivity contribution in [3.8, 4) is 0 Å². The van der Waals surface area contributed by atoms with E-state index in [2.05, 4.69) is 85.0 Å². The lowest BCUT2D eigenvalue weighted by Crippen LogP contribution is -2.36. The smallest absolute Gasteiger partial charge is 0.0486 e. The molecule has 0 bridgehead atoms. The second-order valence-corrected chi connectivity index (χ2v) is 7.29. The van der Waals surface area contributed by atoms with Gasteiger partial charge in [0.25, 0.3) is 0 Å². The summed E-state index contributed by atoms with van der Waals surface area (Å²) in [6.45, 7) is 15.9. The van der Waals surface area contributed by atoms with Crippen LogP contribution >= 0.6 is 0 Å². The van der Waals surface area contributed by atoms with Crippen LogP contribution in [-0.4, -0.2) is 31.2 Å². The van der Waals surface area contributed by atoms with Gasteiger partial charge in [-0.3, -0.25) is 4.90 Å². The molecular weight excluding hydrogens is 330 g/mol. The van der Waals surface area contributed by atoms with Gasteiger partial charge in [0, 0.05) is 37.1 Å². The van der Waals surface area contributed by atoms with Crippen LogP contribution in [0.3, 0.4) is 0 Å². The monoisotopic (exact) mass is 361 g/mol. The van der Waals surface area contributed by atoms with Gasteiger partial charge in [0.05, 0.1) is 0 Å². The van der Waals surface area contributed by atoms with Crippen LogP contribution in [0.5, 0.6) is 0 Å². The highest BCUT2D eigenvalue weighted by atomic mass is 15.2. The molecule has 0 saturated heterocycles.